The first-order valence-corrected chi connectivity index (χ1v) is 18.0. The lowest BCUT2D eigenvalue weighted by Gasteiger charge is -2.34. The van der Waals surface area contributed by atoms with Crippen molar-refractivity contribution < 1.29 is 0 Å². The maximum atomic E-state index is 4.67. The second-order valence-corrected chi connectivity index (χ2v) is 12.9. The van der Waals surface area contributed by atoms with Crippen LogP contribution in [0.1, 0.15) is 76.6 Å². The summed E-state index contributed by atoms with van der Waals surface area (Å²) in [5, 5.41) is 0. The average molecular weight is 659 g/mol. The molecule has 1 aliphatic carbocycles. The largest absolute Gasteiger partial charge is 0.264 e. The fourth-order valence-electron chi connectivity index (χ4n) is 6.98. The first kappa shape index (κ1) is 37.7. The van der Waals surface area contributed by atoms with Gasteiger partial charge in [-0.25, -0.2) is 0 Å². The van der Waals surface area contributed by atoms with E-state index in [0.29, 0.717) is 0 Å². The number of nitrogens with zero attached hydrogens (tertiary/aromatic N) is 2. The predicted octanol–water partition coefficient (Wildman–Crippen LogP) is 13.3. The molecule has 0 saturated carbocycles. The molecule has 0 N–H and O–H groups in total. The van der Waals surface area contributed by atoms with E-state index in [4.69, 9.17) is 0 Å². The minimum Gasteiger partial charge on any atom is -0.264 e. The van der Waals surface area contributed by atoms with Gasteiger partial charge in [0.2, 0.25) is 0 Å². The smallest absolute Gasteiger partial charge is 0.0723 e. The number of hydrogen-bond acceptors (Lipinski definition) is 2. The molecule has 256 valence electrons. The highest BCUT2D eigenvalue weighted by Gasteiger charge is 2.31. The molecule has 0 spiro atoms. The Hall–Kier alpha value is -5.08. The number of pyridine rings is 2. The van der Waals surface area contributed by atoms with Gasteiger partial charge >= 0.3 is 0 Å². The molecule has 0 radical (unpaired) electrons. The standard InChI is InChI=1S/C48H54N2/c1-10-15-22-38(14-5)48(40-28-27-34(6)39(32-40)20-12-3)43(23-16-11-2)36(8)35(7)41-24-19-25-42(37(41)9)44(21-13-4)45-29-31-49-33-46(45)47-26-17-18-30-50-47/h11-13,15-33,35,37,41H,2,4,10,14H2,1,3,5-9H3/b20-12-,22-15-,23-16-,43-36-,44-21+,48-38+. The Labute approximate surface area is 302 Å². The average Bonchev–Trinajstić information content (AvgIpc) is 3.14. The molecule has 2 nitrogen and oxygen atoms in total. The molecule has 2 heterocycles. The van der Waals surface area contributed by atoms with Crippen molar-refractivity contribution >= 4 is 17.2 Å². The van der Waals surface area contributed by atoms with Crippen LogP contribution in [0.25, 0.3) is 28.5 Å². The van der Waals surface area contributed by atoms with Crippen LogP contribution in [0.2, 0.25) is 0 Å². The van der Waals surface area contributed by atoms with E-state index in [9.17, 15) is 0 Å². The summed E-state index contributed by atoms with van der Waals surface area (Å²) in [5.74, 6) is 0.754. The van der Waals surface area contributed by atoms with Gasteiger partial charge in [-0.3, -0.25) is 9.97 Å². The van der Waals surface area contributed by atoms with Gasteiger partial charge < -0.3 is 0 Å². The summed E-state index contributed by atoms with van der Waals surface area (Å²) in [4.78, 5) is 9.15. The Balaban J connectivity index is 1.87. The molecule has 50 heavy (non-hydrogen) atoms. The predicted molar refractivity (Wildman–Crippen MR) is 219 cm³/mol. The SMILES string of the molecule is C=C\C=C/C(=C(\C)C(C)C1C=CC=C(/C(=C\C=C)c2ccncc2-c2ccccn2)C1C)C(=C(/C=C\CC)CC)/c1ccc(C)c(/C=C\C)c1. The maximum absolute atomic E-state index is 4.67. The van der Waals surface area contributed by atoms with Crippen LogP contribution in [0.3, 0.4) is 0 Å². The Morgan fingerprint density at radius 2 is 1.84 bits per heavy atom. The van der Waals surface area contributed by atoms with Crippen LogP contribution in [0, 0.1) is 24.7 Å². The fourth-order valence-corrected chi connectivity index (χ4v) is 6.98. The van der Waals surface area contributed by atoms with Gasteiger partial charge in [-0.2, -0.15) is 0 Å². The topological polar surface area (TPSA) is 25.8 Å². The second kappa shape index (κ2) is 18.6. The van der Waals surface area contributed by atoms with Gasteiger partial charge in [0.05, 0.1) is 5.69 Å². The van der Waals surface area contributed by atoms with Gasteiger partial charge in [-0.1, -0.05) is 138 Å². The highest BCUT2D eigenvalue weighted by molar-refractivity contribution is 5.89. The highest BCUT2D eigenvalue weighted by atomic mass is 14.7. The molecular formula is C48H54N2. The Bertz CT molecular complexity index is 1900. The van der Waals surface area contributed by atoms with Crippen LogP contribution in [0.4, 0.5) is 0 Å². The van der Waals surface area contributed by atoms with E-state index in [1.165, 1.54) is 44.6 Å². The molecule has 1 aliphatic rings. The van der Waals surface area contributed by atoms with Crippen LogP contribution in [0.5, 0.6) is 0 Å². The summed E-state index contributed by atoms with van der Waals surface area (Å²) in [6.45, 7) is 24.0. The normalized spacial score (nSPS) is 18.3. The molecule has 0 bridgehead atoms. The molecule has 3 unspecified atom stereocenters. The summed E-state index contributed by atoms with van der Waals surface area (Å²) in [5.41, 5.74) is 14.5. The first-order chi connectivity index (χ1) is 24.3. The first-order valence-electron chi connectivity index (χ1n) is 18.0. The maximum Gasteiger partial charge on any atom is 0.0723 e. The van der Waals surface area contributed by atoms with Gasteiger partial charge in [0, 0.05) is 24.2 Å². The summed E-state index contributed by atoms with van der Waals surface area (Å²) in [6.07, 6.45) is 33.7. The lowest BCUT2D eigenvalue weighted by Crippen LogP contribution is -2.24. The van der Waals surface area contributed by atoms with Crippen molar-refractivity contribution in [2.75, 3.05) is 0 Å². The molecule has 3 atom stereocenters. The van der Waals surface area contributed by atoms with E-state index in [0.717, 1.165) is 35.2 Å². The zero-order chi connectivity index (χ0) is 36.0. The number of benzene rings is 1. The lowest BCUT2D eigenvalue weighted by atomic mass is 9.70. The Morgan fingerprint density at radius 1 is 1.02 bits per heavy atom. The summed E-state index contributed by atoms with van der Waals surface area (Å²) >= 11 is 0. The van der Waals surface area contributed by atoms with Crippen molar-refractivity contribution in [3.63, 3.8) is 0 Å². The zero-order valence-electron chi connectivity index (χ0n) is 31.2. The molecule has 0 saturated heterocycles. The van der Waals surface area contributed by atoms with Crippen LogP contribution in [-0.4, -0.2) is 9.97 Å². The summed E-state index contributed by atoms with van der Waals surface area (Å²) < 4.78 is 0. The van der Waals surface area contributed by atoms with Gasteiger partial charge in [0.15, 0.2) is 0 Å². The minimum atomic E-state index is 0.240. The van der Waals surface area contributed by atoms with Crippen molar-refractivity contribution in [2.24, 2.45) is 17.8 Å². The van der Waals surface area contributed by atoms with Crippen LogP contribution >= 0.6 is 0 Å². The molecule has 0 amide bonds. The number of aryl methyl sites for hydroxylation is 1. The van der Waals surface area contributed by atoms with Crippen molar-refractivity contribution in [2.45, 2.75) is 61.3 Å². The van der Waals surface area contributed by atoms with Gasteiger partial charge in [-0.15, -0.1) is 0 Å². The third kappa shape index (κ3) is 8.74. The van der Waals surface area contributed by atoms with Gasteiger partial charge in [0.25, 0.3) is 0 Å². The molecule has 3 aromatic rings. The monoisotopic (exact) mass is 658 g/mol. The molecule has 0 fully saturated rings. The molecule has 2 heteroatoms. The van der Waals surface area contributed by atoms with E-state index in [1.807, 2.05) is 48.9 Å². The van der Waals surface area contributed by atoms with Crippen molar-refractivity contribution in [1.82, 2.24) is 9.97 Å². The van der Waals surface area contributed by atoms with E-state index in [-0.39, 0.29) is 17.8 Å². The van der Waals surface area contributed by atoms with Crippen LogP contribution in [0.15, 0.2) is 163 Å². The Morgan fingerprint density at radius 3 is 2.52 bits per heavy atom. The number of rotatable bonds is 14. The molecule has 2 aromatic heterocycles. The van der Waals surface area contributed by atoms with Crippen LogP contribution < -0.4 is 0 Å². The number of hydrogen-bond donors (Lipinski definition) is 0. The Kier molecular flexibility index (Phi) is 14.1. The lowest BCUT2D eigenvalue weighted by molar-refractivity contribution is 0.388. The zero-order valence-corrected chi connectivity index (χ0v) is 31.2. The van der Waals surface area contributed by atoms with E-state index >= 15 is 0 Å². The second-order valence-electron chi connectivity index (χ2n) is 12.9. The molecule has 4 rings (SSSR count). The minimum absolute atomic E-state index is 0.240. The molecule has 1 aromatic carbocycles. The van der Waals surface area contributed by atoms with Crippen LogP contribution in [-0.2, 0) is 0 Å². The molecular weight excluding hydrogens is 605 g/mol. The number of aromatic nitrogens is 2. The third-order valence-corrected chi connectivity index (χ3v) is 9.85. The number of allylic oxidation sites excluding steroid dienone is 17. The van der Waals surface area contributed by atoms with Gasteiger partial charge in [0.1, 0.15) is 0 Å². The van der Waals surface area contributed by atoms with E-state index < -0.39 is 0 Å². The van der Waals surface area contributed by atoms with E-state index in [2.05, 4.69) is 157 Å². The molecule has 0 aliphatic heterocycles. The summed E-state index contributed by atoms with van der Waals surface area (Å²) in [7, 11) is 0. The highest BCUT2D eigenvalue weighted by Crippen LogP contribution is 2.44. The van der Waals surface area contributed by atoms with Gasteiger partial charge in [-0.05, 0) is 126 Å². The van der Waals surface area contributed by atoms with Crippen molar-refractivity contribution in [1.29, 1.82) is 0 Å². The quantitative estimate of drug-likeness (QED) is 0.161. The van der Waals surface area contributed by atoms with E-state index in [1.54, 1.807) is 0 Å². The van der Waals surface area contributed by atoms with Crippen molar-refractivity contribution in [3.05, 3.63) is 186 Å². The third-order valence-electron chi connectivity index (χ3n) is 9.85. The summed E-state index contributed by atoms with van der Waals surface area (Å²) in [6, 6.07) is 15.0. The van der Waals surface area contributed by atoms with Crippen molar-refractivity contribution in [3.8, 4) is 11.3 Å². The fraction of sp³-hybridized carbons (Fsp3) is 0.250.